The van der Waals surface area contributed by atoms with Gasteiger partial charge in [-0.25, -0.2) is 4.79 Å². The maximum atomic E-state index is 11.0. The van der Waals surface area contributed by atoms with Gasteiger partial charge < -0.3 is 5.11 Å². The van der Waals surface area contributed by atoms with Crippen molar-refractivity contribution in [3.63, 3.8) is 0 Å². The van der Waals surface area contributed by atoms with Gasteiger partial charge in [-0.3, -0.25) is 0 Å². The highest BCUT2D eigenvalue weighted by molar-refractivity contribution is 5.90. The van der Waals surface area contributed by atoms with Crippen LogP contribution in [0.5, 0.6) is 0 Å². The highest BCUT2D eigenvalue weighted by Crippen LogP contribution is 2.27. The molecule has 2 aromatic carbocycles. The SMILES string of the molecule is Cc1ccccc1-c1cc(C(=O)O)ccc1C. The Balaban J connectivity index is 2.63. The summed E-state index contributed by atoms with van der Waals surface area (Å²) in [5.74, 6) is -0.889. The van der Waals surface area contributed by atoms with E-state index in [0.29, 0.717) is 5.56 Å². The van der Waals surface area contributed by atoms with Crippen LogP contribution in [0.4, 0.5) is 0 Å². The third kappa shape index (κ3) is 2.21. The standard InChI is InChI=1S/C15H14O2/c1-10-5-3-4-6-13(10)14-9-12(15(16)17)8-7-11(14)2/h3-9H,1-2H3,(H,16,17). The lowest BCUT2D eigenvalue weighted by molar-refractivity contribution is 0.0697. The van der Waals surface area contributed by atoms with Crippen molar-refractivity contribution >= 4 is 5.97 Å². The zero-order valence-corrected chi connectivity index (χ0v) is 9.90. The highest BCUT2D eigenvalue weighted by Gasteiger charge is 2.09. The molecule has 0 aliphatic carbocycles. The summed E-state index contributed by atoms with van der Waals surface area (Å²) < 4.78 is 0. The Kier molecular flexibility index (Phi) is 2.96. The van der Waals surface area contributed by atoms with Gasteiger partial charge in [0.05, 0.1) is 5.56 Å². The van der Waals surface area contributed by atoms with Gasteiger partial charge in [-0.15, -0.1) is 0 Å². The summed E-state index contributed by atoms with van der Waals surface area (Å²) in [5.41, 5.74) is 4.65. The number of hydrogen-bond donors (Lipinski definition) is 1. The topological polar surface area (TPSA) is 37.3 Å². The van der Waals surface area contributed by atoms with Crippen LogP contribution >= 0.6 is 0 Å². The number of aromatic carboxylic acids is 1. The van der Waals surface area contributed by atoms with Crippen molar-refractivity contribution < 1.29 is 9.90 Å². The Morgan fingerprint density at radius 1 is 0.941 bits per heavy atom. The molecule has 2 rings (SSSR count). The summed E-state index contributed by atoms with van der Waals surface area (Å²) in [6, 6.07) is 13.2. The minimum atomic E-state index is -0.889. The van der Waals surface area contributed by atoms with E-state index in [1.54, 1.807) is 12.1 Å². The van der Waals surface area contributed by atoms with Gasteiger partial charge in [0.25, 0.3) is 0 Å². The van der Waals surface area contributed by atoms with Crippen LogP contribution in [0.15, 0.2) is 42.5 Å². The molecule has 0 amide bonds. The molecule has 0 heterocycles. The lowest BCUT2D eigenvalue weighted by Gasteiger charge is -2.10. The largest absolute Gasteiger partial charge is 0.478 e. The normalized spacial score (nSPS) is 10.2. The number of benzene rings is 2. The fourth-order valence-electron chi connectivity index (χ4n) is 1.92. The molecule has 1 N–H and O–H groups in total. The number of hydrogen-bond acceptors (Lipinski definition) is 1. The molecule has 0 saturated carbocycles. The fraction of sp³-hybridized carbons (Fsp3) is 0.133. The van der Waals surface area contributed by atoms with Crippen LogP contribution in [0.2, 0.25) is 0 Å². The molecule has 0 aromatic heterocycles. The van der Waals surface area contributed by atoms with Gasteiger partial charge in [-0.2, -0.15) is 0 Å². The molecule has 2 aromatic rings. The molecular formula is C15H14O2. The number of rotatable bonds is 2. The molecule has 17 heavy (non-hydrogen) atoms. The molecule has 0 unspecified atom stereocenters. The molecule has 0 radical (unpaired) electrons. The van der Waals surface area contributed by atoms with Gasteiger partial charge in [0, 0.05) is 0 Å². The quantitative estimate of drug-likeness (QED) is 0.848. The molecule has 86 valence electrons. The minimum absolute atomic E-state index is 0.328. The fourth-order valence-corrected chi connectivity index (χ4v) is 1.92. The molecule has 0 saturated heterocycles. The Hall–Kier alpha value is -2.09. The minimum Gasteiger partial charge on any atom is -0.478 e. The summed E-state index contributed by atoms with van der Waals surface area (Å²) in [6.45, 7) is 4.02. The summed E-state index contributed by atoms with van der Waals surface area (Å²) in [6.07, 6.45) is 0. The van der Waals surface area contributed by atoms with E-state index < -0.39 is 5.97 Å². The lowest BCUT2D eigenvalue weighted by Crippen LogP contribution is -1.97. The first-order valence-corrected chi connectivity index (χ1v) is 5.49. The predicted octanol–water partition coefficient (Wildman–Crippen LogP) is 3.67. The van der Waals surface area contributed by atoms with E-state index in [2.05, 4.69) is 0 Å². The first-order chi connectivity index (χ1) is 8.09. The van der Waals surface area contributed by atoms with Gasteiger partial charge in [-0.1, -0.05) is 30.3 Å². The molecule has 2 heteroatoms. The van der Waals surface area contributed by atoms with Crippen molar-refractivity contribution in [2.24, 2.45) is 0 Å². The maximum absolute atomic E-state index is 11.0. The van der Waals surface area contributed by atoms with E-state index in [1.807, 2.05) is 44.2 Å². The van der Waals surface area contributed by atoms with Crippen molar-refractivity contribution in [1.82, 2.24) is 0 Å². The summed E-state index contributed by atoms with van der Waals surface area (Å²) in [4.78, 5) is 11.0. The number of aryl methyl sites for hydroxylation is 2. The second kappa shape index (κ2) is 4.42. The monoisotopic (exact) mass is 226 g/mol. The third-order valence-electron chi connectivity index (χ3n) is 2.92. The second-order valence-corrected chi connectivity index (χ2v) is 4.15. The van der Waals surface area contributed by atoms with Crippen LogP contribution in [0.1, 0.15) is 21.5 Å². The van der Waals surface area contributed by atoms with Crippen LogP contribution < -0.4 is 0 Å². The van der Waals surface area contributed by atoms with Crippen LogP contribution in [0, 0.1) is 13.8 Å². The highest BCUT2D eigenvalue weighted by atomic mass is 16.4. The zero-order valence-electron chi connectivity index (χ0n) is 9.90. The molecule has 0 aliphatic rings. The van der Waals surface area contributed by atoms with Crippen molar-refractivity contribution in [1.29, 1.82) is 0 Å². The Morgan fingerprint density at radius 3 is 2.24 bits per heavy atom. The molecule has 0 fully saturated rings. The van der Waals surface area contributed by atoms with Crippen molar-refractivity contribution in [2.75, 3.05) is 0 Å². The number of carbonyl (C=O) groups is 1. The van der Waals surface area contributed by atoms with E-state index in [1.165, 1.54) is 0 Å². The van der Waals surface area contributed by atoms with Gasteiger partial charge in [-0.05, 0) is 48.2 Å². The Bertz CT molecular complexity index is 571. The average molecular weight is 226 g/mol. The van der Waals surface area contributed by atoms with Gasteiger partial charge >= 0.3 is 5.97 Å². The van der Waals surface area contributed by atoms with Gasteiger partial charge in [0.15, 0.2) is 0 Å². The van der Waals surface area contributed by atoms with E-state index in [-0.39, 0.29) is 0 Å². The molecule has 0 atom stereocenters. The second-order valence-electron chi connectivity index (χ2n) is 4.15. The Morgan fingerprint density at radius 2 is 1.59 bits per heavy atom. The van der Waals surface area contributed by atoms with Crippen LogP contribution in [-0.2, 0) is 0 Å². The maximum Gasteiger partial charge on any atom is 0.335 e. The van der Waals surface area contributed by atoms with Gasteiger partial charge in [0.2, 0.25) is 0 Å². The average Bonchev–Trinajstić information content (AvgIpc) is 2.30. The predicted molar refractivity (Wildman–Crippen MR) is 68.3 cm³/mol. The van der Waals surface area contributed by atoms with E-state index in [9.17, 15) is 4.79 Å². The summed E-state index contributed by atoms with van der Waals surface area (Å²) in [7, 11) is 0. The molecule has 0 aliphatic heterocycles. The first-order valence-electron chi connectivity index (χ1n) is 5.49. The van der Waals surface area contributed by atoms with Gasteiger partial charge in [0.1, 0.15) is 0 Å². The van der Waals surface area contributed by atoms with E-state index >= 15 is 0 Å². The smallest absolute Gasteiger partial charge is 0.335 e. The summed E-state index contributed by atoms with van der Waals surface area (Å²) >= 11 is 0. The first kappa shape index (κ1) is 11.4. The van der Waals surface area contributed by atoms with Crippen molar-refractivity contribution in [2.45, 2.75) is 13.8 Å². The Labute approximate surface area is 101 Å². The third-order valence-corrected chi connectivity index (χ3v) is 2.92. The zero-order chi connectivity index (χ0) is 12.4. The lowest BCUT2D eigenvalue weighted by atomic mass is 9.95. The molecule has 0 spiro atoms. The number of carboxylic acid groups (broad SMARTS) is 1. The van der Waals surface area contributed by atoms with Crippen LogP contribution in [0.25, 0.3) is 11.1 Å². The van der Waals surface area contributed by atoms with E-state index in [4.69, 9.17) is 5.11 Å². The summed E-state index contributed by atoms with van der Waals surface area (Å²) in [5, 5.41) is 9.02. The van der Waals surface area contributed by atoms with Crippen molar-refractivity contribution in [3.8, 4) is 11.1 Å². The van der Waals surface area contributed by atoms with Crippen LogP contribution in [-0.4, -0.2) is 11.1 Å². The molecule has 0 bridgehead atoms. The van der Waals surface area contributed by atoms with Crippen molar-refractivity contribution in [3.05, 3.63) is 59.2 Å². The molecular weight excluding hydrogens is 212 g/mol. The molecule has 2 nitrogen and oxygen atoms in total. The van der Waals surface area contributed by atoms with E-state index in [0.717, 1.165) is 22.3 Å². The van der Waals surface area contributed by atoms with Crippen LogP contribution in [0.3, 0.4) is 0 Å². The number of carboxylic acids is 1.